The first-order valence-electron chi connectivity index (χ1n) is 7.72. The summed E-state index contributed by atoms with van der Waals surface area (Å²) in [5.74, 6) is 1.09. The Hall–Kier alpha value is -2.74. The summed E-state index contributed by atoms with van der Waals surface area (Å²) in [6, 6.07) is 9.12. The van der Waals surface area contributed by atoms with Crippen molar-refractivity contribution in [1.29, 1.82) is 0 Å². The Morgan fingerprint density at radius 2 is 2.08 bits per heavy atom. The summed E-state index contributed by atoms with van der Waals surface area (Å²) < 4.78 is 5.02. The minimum Gasteiger partial charge on any atom is -0.347 e. The number of thioether (sulfide) groups is 1. The summed E-state index contributed by atoms with van der Waals surface area (Å²) in [5.41, 5.74) is 1.57. The van der Waals surface area contributed by atoms with Gasteiger partial charge in [-0.05, 0) is 31.2 Å². The number of amides is 1. The van der Waals surface area contributed by atoms with Gasteiger partial charge in [-0.2, -0.15) is 4.98 Å². The molecule has 3 aromatic rings. The smallest absolute Gasteiger partial charge is 0.230 e. The molecule has 0 aromatic carbocycles. The van der Waals surface area contributed by atoms with Gasteiger partial charge in [-0.1, -0.05) is 23.0 Å². The molecule has 0 spiro atoms. The summed E-state index contributed by atoms with van der Waals surface area (Å²) in [7, 11) is 0. The quantitative estimate of drug-likeness (QED) is 0.679. The van der Waals surface area contributed by atoms with Crippen LogP contribution >= 0.6 is 11.8 Å². The van der Waals surface area contributed by atoms with Gasteiger partial charge in [0.1, 0.15) is 5.03 Å². The molecule has 1 amide bonds. The minimum absolute atomic E-state index is 0.0935. The molecule has 0 radical (unpaired) electrons. The fourth-order valence-corrected chi connectivity index (χ4v) is 3.01. The van der Waals surface area contributed by atoms with E-state index in [4.69, 9.17) is 4.52 Å². The number of nitrogens with zero attached hydrogens (tertiary/aromatic N) is 4. The van der Waals surface area contributed by atoms with Gasteiger partial charge in [0.2, 0.25) is 17.6 Å². The maximum absolute atomic E-state index is 12.2. The van der Waals surface area contributed by atoms with Gasteiger partial charge in [-0.25, -0.2) is 4.98 Å². The molecular formula is C17H17N5O2S. The number of carbonyl (C=O) groups excluding carboxylic acids is 1. The highest BCUT2D eigenvalue weighted by atomic mass is 32.2. The van der Waals surface area contributed by atoms with Gasteiger partial charge in [0.15, 0.2) is 0 Å². The molecule has 25 heavy (non-hydrogen) atoms. The molecule has 1 N–H and O–H groups in total. The molecule has 3 rings (SSSR count). The Kier molecular flexibility index (Phi) is 5.39. The van der Waals surface area contributed by atoms with Gasteiger partial charge in [-0.15, -0.1) is 0 Å². The number of nitrogens with one attached hydrogen (secondary N) is 1. The molecule has 0 bridgehead atoms. The molecule has 0 saturated carbocycles. The molecule has 128 valence electrons. The lowest BCUT2D eigenvalue weighted by atomic mass is 10.2. The van der Waals surface area contributed by atoms with Gasteiger partial charge in [0.25, 0.3) is 0 Å². The van der Waals surface area contributed by atoms with Crippen LogP contribution in [0.25, 0.3) is 11.4 Å². The number of carbonyl (C=O) groups is 1. The molecule has 1 atom stereocenters. The predicted molar refractivity (Wildman–Crippen MR) is 93.8 cm³/mol. The third-order valence-electron chi connectivity index (χ3n) is 3.39. The number of rotatable bonds is 6. The van der Waals surface area contributed by atoms with Crippen molar-refractivity contribution in [1.82, 2.24) is 25.4 Å². The zero-order chi connectivity index (χ0) is 17.6. The number of aromatic nitrogens is 4. The highest BCUT2D eigenvalue weighted by molar-refractivity contribution is 8.00. The number of hydrogen-bond donors (Lipinski definition) is 1. The van der Waals surface area contributed by atoms with E-state index in [2.05, 4.69) is 25.4 Å². The molecule has 0 saturated heterocycles. The normalized spacial score (nSPS) is 11.9. The second-order valence-corrected chi connectivity index (χ2v) is 6.29. The van der Waals surface area contributed by atoms with Gasteiger partial charge >= 0.3 is 0 Å². The highest BCUT2D eigenvalue weighted by Crippen LogP contribution is 2.27. The van der Waals surface area contributed by atoms with E-state index < -0.39 is 0 Å². The fourth-order valence-electron chi connectivity index (χ4n) is 2.21. The van der Waals surface area contributed by atoms with Crippen LogP contribution in [0.2, 0.25) is 0 Å². The molecule has 3 heterocycles. The van der Waals surface area contributed by atoms with E-state index in [9.17, 15) is 4.79 Å². The zero-order valence-corrected chi connectivity index (χ0v) is 14.7. The molecule has 8 heteroatoms. The predicted octanol–water partition coefficient (Wildman–Crippen LogP) is 2.80. The first-order valence-corrected chi connectivity index (χ1v) is 8.71. The van der Waals surface area contributed by atoms with Crippen molar-refractivity contribution in [2.75, 3.05) is 5.75 Å². The molecule has 0 aliphatic heterocycles. The summed E-state index contributed by atoms with van der Waals surface area (Å²) in [5, 5.41) is 7.53. The van der Waals surface area contributed by atoms with Crippen LogP contribution in [0.5, 0.6) is 0 Å². The third kappa shape index (κ3) is 4.42. The fraction of sp³-hybridized carbons (Fsp3) is 0.235. The summed E-state index contributed by atoms with van der Waals surface area (Å²) >= 11 is 1.33. The maximum atomic E-state index is 12.2. The van der Waals surface area contributed by atoms with Crippen LogP contribution in [0.15, 0.2) is 52.3 Å². The van der Waals surface area contributed by atoms with Crippen molar-refractivity contribution in [2.24, 2.45) is 0 Å². The van der Waals surface area contributed by atoms with Gasteiger partial charge in [-0.3, -0.25) is 9.78 Å². The van der Waals surface area contributed by atoms with Crippen molar-refractivity contribution >= 4 is 17.7 Å². The molecule has 1 unspecified atom stereocenters. The third-order valence-corrected chi connectivity index (χ3v) is 4.39. The Morgan fingerprint density at radius 1 is 1.24 bits per heavy atom. The van der Waals surface area contributed by atoms with Crippen LogP contribution in [0.3, 0.4) is 0 Å². The van der Waals surface area contributed by atoms with E-state index >= 15 is 0 Å². The topological polar surface area (TPSA) is 93.8 Å². The van der Waals surface area contributed by atoms with Crippen molar-refractivity contribution in [2.45, 2.75) is 24.9 Å². The summed E-state index contributed by atoms with van der Waals surface area (Å²) in [6.07, 6.45) is 3.38. The Labute approximate surface area is 149 Å². The molecule has 3 aromatic heterocycles. The Bertz CT molecular complexity index is 853. The van der Waals surface area contributed by atoms with Crippen molar-refractivity contribution in [3.63, 3.8) is 0 Å². The zero-order valence-electron chi connectivity index (χ0n) is 13.8. The standard InChI is InChI=1S/C17H17N5O2S/c1-11(14-7-3-4-8-18-14)20-15(23)10-25-17-13(6-5-9-19-17)16-21-12(2)24-22-16/h3-9,11H,10H2,1-2H3,(H,20,23). The second kappa shape index (κ2) is 7.89. The lowest BCUT2D eigenvalue weighted by Crippen LogP contribution is -2.28. The van der Waals surface area contributed by atoms with Crippen molar-refractivity contribution in [3.05, 3.63) is 54.3 Å². The van der Waals surface area contributed by atoms with Crippen LogP contribution in [-0.4, -0.2) is 31.8 Å². The molecular weight excluding hydrogens is 338 g/mol. The Morgan fingerprint density at radius 3 is 2.80 bits per heavy atom. The van der Waals surface area contributed by atoms with Crippen LogP contribution in [0, 0.1) is 6.92 Å². The van der Waals surface area contributed by atoms with Crippen LogP contribution in [0.4, 0.5) is 0 Å². The van der Waals surface area contributed by atoms with Crippen molar-refractivity contribution < 1.29 is 9.32 Å². The van der Waals surface area contributed by atoms with E-state index in [-0.39, 0.29) is 17.7 Å². The average Bonchev–Trinajstić information content (AvgIpc) is 3.07. The number of hydrogen-bond acceptors (Lipinski definition) is 7. The molecule has 0 aliphatic carbocycles. The van der Waals surface area contributed by atoms with Crippen LogP contribution in [0.1, 0.15) is 24.6 Å². The van der Waals surface area contributed by atoms with Crippen molar-refractivity contribution in [3.8, 4) is 11.4 Å². The SMILES string of the molecule is Cc1nc(-c2cccnc2SCC(=O)NC(C)c2ccccn2)no1. The van der Waals surface area contributed by atoms with Crippen LogP contribution in [-0.2, 0) is 4.79 Å². The van der Waals surface area contributed by atoms with E-state index in [1.54, 1.807) is 25.4 Å². The number of pyridine rings is 2. The van der Waals surface area contributed by atoms with Gasteiger partial charge in [0.05, 0.1) is 23.1 Å². The van der Waals surface area contributed by atoms with Gasteiger partial charge < -0.3 is 9.84 Å². The van der Waals surface area contributed by atoms with E-state index in [1.807, 2.05) is 31.2 Å². The maximum Gasteiger partial charge on any atom is 0.230 e. The lowest BCUT2D eigenvalue weighted by Gasteiger charge is -2.13. The first kappa shape index (κ1) is 17.1. The molecule has 7 nitrogen and oxygen atoms in total. The highest BCUT2D eigenvalue weighted by Gasteiger charge is 2.15. The Balaban J connectivity index is 1.63. The van der Waals surface area contributed by atoms with E-state index in [0.717, 1.165) is 11.3 Å². The average molecular weight is 355 g/mol. The summed E-state index contributed by atoms with van der Waals surface area (Å²) in [4.78, 5) is 25.0. The molecule has 0 aliphatic rings. The number of aryl methyl sites for hydroxylation is 1. The first-order chi connectivity index (χ1) is 12.1. The summed E-state index contributed by atoms with van der Waals surface area (Å²) in [6.45, 7) is 3.63. The largest absolute Gasteiger partial charge is 0.347 e. The minimum atomic E-state index is -0.155. The monoisotopic (exact) mass is 355 g/mol. The van der Waals surface area contributed by atoms with Crippen LogP contribution < -0.4 is 5.32 Å². The van der Waals surface area contributed by atoms with E-state index in [0.29, 0.717) is 16.7 Å². The second-order valence-electron chi connectivity index (χ2n) is 5.33. The molecule has 0 fully saturated rings. The van der Waals surface area contributed by atoms with Gasteiger partial charge in [0, 0.05) is 19.3 Å². The van der Waals surface area contributed by atoms with E-state index in [1.165, 1.54) is 11.8 Å². The lowest BCUT2D eigenvalue weighted by molar-refractivity contribution is -0.119.